The Bertz CT molecular complexity index is 1430. The largest absolute Gasteiger partial charge is 0.467 e. The highest BCUT2D eigenvalue weighted by molar-refractivity contribution is 5.90. The molecule has 1 aromatic heterocycles. The van der Waals surface area contributed by atoms with Crippen LogP contribution in [0.25, 0.3) is 22.5 Å². The van der Waals surface area contributed by atoms with Gasteiger partial charge >= 0.3 is 12.1 Å². The molecule has 9 heteroatoms. The van der Waals surface area contributed by atoms with Crippen LogP contribution in [0, 0.1) is 17.8 Å². The van der Waals surface area contributed by atoms with Crippen LogP contribution in [0.5, 0.6) is 5.75 Å². The van der Waals surface area contributed by atoms with E-state index in [2.05, 4.69) is 6.07 Å². The third-order valence-corrected chi connectivity index (χ3v) is 9.37. The fourth-order valence-electron chi connectivity index (χ4n) is 7.92. The van der Waals surface area contributed by atoms with Crippen molar-refractivity contribution in [1.82, 2.24) is 9.78 Å². The monoisotopic (exact) mass is 588 g/mol. The molecule has 228 valence electrons. The van der Waals surface area contributed by atoms with Gasteiger partial charge in [-0.15, -0.1) is 0 Å². The number of hydrogen-bond donors (Lipinski definition) is 0. The number of methoxy groups -OCH3 is 2. The van der Waals surface area contributed by atoms with E-state index in [0.717, 1.165) is 34.6 Å². The number of esters is 1. The van der Waals surface area contributed by atoms with E-state index in [1.807, 2.05) is 18.2 Å². The molecular weight excluding hydrogens is 548 g/mol. The third-order valence-electron chi connectivity index (χ3n) is 9.37. The molecule has 0 N–H and O–H groups in total. The van der Waals surface area contributed by atoms with Crippen molar-refractivity contribution in [3.8, 4) is 28.3 Å². The van der Waals surface area contributed by atoms with E-state index in [-0.39, 0.29) is 18.8 Å². The first-order valence-corrected chi connectivity index (χ1v) is 15.2. The Morgan fingerprint density at radius 1 is 0.907 bits per heavy atom. The Hall–Kier alpha value is -3.69. The summed E-state index contributed by atoms with van der Waals surface area (Å²) < 4.78 is 28.5. The Morgan fingerprint density at radius 3 is 2.21 bits per heavy atom. The van der Waals surface area contributed by atoms with Gasteiger partial charge in [-0.2, -0.15) is 9.78 Å². The van der Waals surface area contributed by atoms with Crippen LogP contribution in [-0.4, -0.2) is 62.7 Å². The lowest BCUT2D eigenvalue weighted by molar-refractivity contribution is -0.0189. The van der Waals surface area contributed by atoms with Gasteiger partial charge in [0.1, 0.15) is 5.75 Å². The molecule has 0 atom stereocenters. The maximum absolute atomic E-state index is 13.0. The van der Waals surface area contributed by atoms with Gasteiger partial charge in [-0.3, -0.25) is 0 Å². The zero-order valence-electron chi connectivity index (χ0n) is 25.2. The van der Waals surface area contributed by atoms with Crippen LogP contribution in [0.2, 0.25) is 0 Å². The van der Waals surface area contributed by atoms with E-state index in [9.17, 15) is 9.59 Å². The van der Waals surface area contributed by atoms with Crippen LogP contribution < -0.4 is 4.74 Å². The second-order valence-electron chi connectivity index (χ2n) is 12.2. The van der Waals surface area contributed by atoms with Crippen molar-refractivity contribution in [3.63, 3.8) is 0 Å². The zero-order valence-corrected chi connectivity index (χ0v) is 25.2. The van der Waals surface area contributed by atoms with Gasteiger partial charge in [0.15, 0.2) is 6.79 Å². The van der Waals surface area contributed by atoms with Crippen LogP contribution in [0.4, 0.5) is 4.79 Å². The van der Waals surface area contributed by atoms with Gasteiger partial charge in [-0.25, -0.2) is 9.59 Å². The summed E-state index contributed by atoms with van der Waals surface area (Å²) in [6.07, 6.45) is 7.01. The first-order chi connectivity index (χ1) is 20.9. The molecule has 1 heterocycles. The summed E-state index contributed by atoms with van der Waals surface area (Å²) in [5, 5.41) is 4.73. The van der Waals surface area contributed by atoms with Gasteiger partial charge in [-0.1, -0.05) is 12.1 Å². The predicted molar refractivity (Wildman–Crippen MR) is 160 cm³/mol. The van der Waals surface area contributed by atoms with Gasteiger partial charge in [0.25, 0.3) is 0 Å². The molecule has 4 aliphatic rings. The molecule has 2 aromatic carbocycles. The molecule has 4 fully saturated rings. The molecule has 4 saturated carbocycles. The minimum atomic E-state index is -0.560. The summed E-state index contributed by atoms with van der Waals surface area (Å²) in [6.45, 7) is 3.13. The fourth-order valence-corrected chi connectivity index (χ4v) is 7.92. The number of carbonyl (C=O) groups is 2. The Balaban J connectivity index is 1.38. The van der Waals surface area contributed by atoms with Gasteiger partial charge in [0.2, 0.25) is 0 Å². The predicted octanol–water partition coefficient (Wildman–Crippen LogP) is 6.48. The molecule has 4 bridgehead atoms. The molecule has 0 amide bonds. The number of aromatic nitrogens is 2. The number of hydrogen-bond acceptors (Lipinski definition) is 8. The highest BCUT2D eigenvalue weighted by Gasteiger charge is 2.52. The number of carbonyl (C=O) groups excluding carboxylic acids is 2. The van der Waals surface area contributed by atoms with E-state index in [1.54, 1.807) is 38.3 Å². The molecular formula is C34H40N2O7. The minimum Gasteiger partial charge on any atom is -0.467 e. The van der Waals surface area contributed by atoms with Gasteiger partial charge < -0.3 is 23.7 Å². The normalized spacial score (nSPS) is 23.7. The molecule has 0 radical (unpaired) electrons. The highest BCUT2D eigenvalue weighted by atomic mass is 16.7. The van der Waals surface area contributed by atoms with E-state index in [1.165, 1.54) is 55.9 Å². The van der Waals surface area contributed by atoms with Crippen molar-refractivity contribution in [2.45, 2.75) is 50.9 Å². The molecule has 4 aliphatic carbocycles. The van der Waals surface area contributed by atoms with E-state index in [0.29, 0.717) is 30.2 Å². The summed E-state index contributed by atoms with van der Waals surface area (Å²) in [4.78, 5) is 25.0. The smallest absolute Gasteiger partial charge is 0.435 e. The van der Waals surface area contributed by atoms with Crippen molar-refractivity contribution in [2.24, 2.45) is 17.8 Å². The molecule has 0 spiro atoms. The Labute approximate surface area is 252 Å². The molecule has 7 rings (SSSR count). The molecule has 9 nitrogen and oxygen atoms in total. The van der Waals surface area contributed by atoms with Crippen molar-refractivity contribution in [1.29, 1.82) is 0 Å². The topological polar surface area (TPSA) is 98.1 Å². The summed E-state index contributed by atoms with van der Waals surface area (Å²) in [7, 11) is 3.00. The summed E-state index contributed by atoms with van der Waals surface area (Å²) in [6, 6.07) is 15.1. The van der Waals surface area contributed by atoms with Gasteiger partial charge in [0, 0.05) is 23.8 Å². The molecule has 3 aromatic rings. The number of benzene rings is 2. The van der Waals surface area contributed by atoms with E-state index >= 15 is 0 Å². The van der Waals surface area contributed by atoms with Crippen molar-refractivity contribution >= 4 is 12.1 Å². The zero-order chi connectivity index (χ0) is 30.0. The first-order valence-electron chi connectivity index (χ1n) is 15.2. The maximum atomic E-state index is 13.0. The third kappa shape index (κ3) is 5.93. The fraction of sp³-hybridized carbons (Fsp3) is 0.500. The molecule has 0 unspecified atom stereocenters. The molecule has 43 heavy (non-hydrogen) atoms. The summed E-state index contributed by atoms with van der Waals surface area (Å²) in [5.74, 6) is 2.73. The Kier molecular flexibility index (Phi) is 8.54. The number of rotatable bonds is 11. The van der Waals surface area contributed by atoms with Crippen molar-refractivity contribution in [2.75, 3.05) is 40.8 Å². The SMILES string of the molecule is CCOC(=O)n1nc(-c2ccc(OCOCCOC)c(C34CC5CC(CC(C5)C3)C4)c2)cc1-c1ccc(C(=O)OC)cc1. The van der Waals surface area contributed by atoms with Crippen LogP contribution in [0.1, 0.15) is 61.4 Å². The van der Waals surface area contributed by atoms with Gasteiger partial charge in [-0.05, 0) is 105 Å². The van der Waals surface area contributed by atoms with Crippen molar-refractivity contribution < 1.29 is 33.3 Å². The summed E-state index contributed by atoms with van der Waals surface area (Å²) >= 11 is 0. The average molecular weight is 589 g/mol. The quantitative estimate of drug-likeness (QED) is 0.143. The minimum absolute atomic E-state index is 0.0723. The highest BCUT2D eigenvalue weighted by Crippen LogP contribution is 2.62. The van der Waals surface area contributed by atoms with Crippen LogP contribution in [-0.2, 0) is 24.4 Å². The average Bonchev–Trinajstić information content (AvgIpc) is 3.46. The lowest BCUT2D eigenvalue weighted by Crippen LogP contribution is -2.48. The molecule has 0 aliphatic heterocycles. The van der Waals surface area contributed by atoms with Crippen LogP contribution >= 0.6 is 0 Å². The number of ether oxygens (including phenoxy) is 5. The van der Waals surface area contributed by atoms with Gasteiger partial charge in [0.05, 0.1) is 43.9 Å². The maximum Gasteiger partial charge on any atom is 0.435 e. The second kappa shape index (κ2) is 12.5. The summed E-state index contributed by atoms with van der Waals surface area (Å²) in [5.41, 5.74) is 4.60. The van der Waals surface area contributed by atoms with Crippen molar-refractivity contribution in [3.05, 3.63) is 59.7 Å². The molecule has 0 saturated heterocycles. The lowest BCUT2D eigenvalue weighted by atomic mass is 9.48. The lowest BCUT2D eigenvalue weighted by Gasteiger charge is -2.57. The number of nitrogens with zero attached hydrogens (tertiary/aromatic N) is 2. The van der Waals surface area contributed by atoms with Crippen LogP contribution in [0.15, 0.2) is 48.5 Å². The Morgan fingerprint density at radius 2 is 1.58 bits per heavy atom. The van der Waals surface area contributed by atoms with E-state index < -0.39 is 12.1 Å². The first kappa shape index (κ1) is 29.4. The standard InChI is InChI=1S/C34H40N2O7/c1-4-42-33(38)36-30(25-5-7-26(8-6-25)32(37)40-3)17-29(35-36)27-9-10-31(43-21-41-12-11-39-2)28(16-27)34-18-22-13-23(19-34)15-24(14-22)20-34/h5-10,16-17,22-24H,4,11-15,18-21H2,1-3H3. The second-order valence-corrected chi connectivity index (χ2v) is 12.2. The van der Waals surface area contributed by atoms with E-state index in [4.69, 9.17) is 28.8 Å². The van der Waals surface area contributed by atoms with Crippen LogP contribution in [0.3, 0.4) is 0 Å².